The summed E-state index contributed by atoms with van der Waals surface area (Å²) in [6.07, 6.45) is 3.27. The fourth-order valence-corrected chi connectivity index (χ4v) is 1.78. The third-order valence-electron chi connectivity index (χ3n) is 3.01. The normalized spacial score (nSPS) is 13.9. The Hall–Kier alpha value is -2.04. The summed E-state index contributed by atoms with van der Waals surface area (Å²) in [5, 5.41) is 5.68. The number of carbonyl (C=O) groups is 2. The molecule has 1 fully saturated rings. The van der Waals surface area contributed by atoms with E-state index in [-0.39, 0.29) is 11.8 Å². The lowest BCUT2D eigenvalue weighted by molar-refractivity contribution is -0.121. The summed E-state index contributed by atoms with van der Waals surface area (Å²) in [5.41, 5.74) is 6.65. The van der Waals surface area contributed by atoms with Crippen molar-refractivity contribution in [2.75, 3.05) is 12.3 Å². The summed E-state index contributed by atoms with van der Waals surface area (Å²) < 4.78 is 0. The van der Waals surface area contributed by atoms with Gasteiger partial charge in [0.05, 0.1) is 5.56 Å². The van der Waals surface area contributed by atoms with Gasteiger partial charge in [0, 0.05) is 24.7 Å². The zero-order valence-corrected chi connectivity index (χ0v) is 10.8. The molecule has 1 saturated carbocycles. The number of amides is 2. The van der Waals surface area contributed by atoms with Gasteiger partial charge in [-0.25, -0.2) is 0 Å². The summed E-state index contributed by atoms with van der Waals surface area (Å²) in [6, 6.07) is 7.33. The van der Waals surface area contributed by atoms with Gasteiger partial charge in [-0.15, -0.1) is 0 Å². The number of carbonyl (C=O) groups excluding carboxylic acids is 2. The van der Waals surface area contributed by atoms with Crippen molar-refractivity contribution in [1.82, 2.24) is 10.6 Å². The molecule has 4 N–H and O–H groups in total. The maximum Gasteiger partial charge on any atom is 0.253 e. The van der Waals surface area contributed by atoms with Crippen molar-refractivity contribution in [2.24, 2.45) is 0 Å². The van der Waals surface area contributed by atoms with E-state index in [1.165, 1.54) is 0 Å². The van der Waals surface area contributed by atoms with E-state index in [0.717, 1.165) is 12.8 Å². The van der Waals surface area contributed by atoms with E-state index < -0.39 is 0 Å². The van der Waals surface area contributed by atoms with E-state index in [0.29, 0.717) is 36.7 Å². The summed E-state index contributed by atoms with van der Waals surface area (Å²) >= 11 is 0. The van der Waals surface area contributed by atoms with Gasteiger partial charge in [-0.05, 0) is 31.4 Å². The number of rotatable bonds is 6. The smallest absolute Gasteiger partial charge is 0.253 e. The Labute approximate surface area is 112 Å². The van der Waals surface area contributed by atoms with Gasteiger partial charge in [-0.3, -0.25) is 9.59 Å². The van der Waals surface area contributed by atoms with Crippen molar-refractivity contribution in [1.29, 1.82) is 0 Å². The van der Waals surface area contributed by atoms with E-state index in [9.17, 15) is 9.59 Å². The first-order valence-corrected chi connectivity index (χ1v) is 6.59. The quantitative estimate of drug-likeness (QED) is 0.529. The Morgan fingerprint density at radius 1 is 1.26 bits per heavy atom. The van der Waals surface area contributed by atoms with Gasteiger partial charge >= 0.3 is 0 Å². The Bertz CT molecular complexity index is 470. The van der Waals surface area contributed by atoms with E-state index in [1.807, 2.05) is 0 Å². The Balaban J connectivity index is 1.66. The Morgan fingerprint density at radius 2 is 2.00 bits per heavy atom. The summed E-state index contributed by atoms with van der Waals surface area (Å²) in [5.74, 6) is -0.128. The van der Waals surface area contributed by atoms with Crippen molar-refractivity contribution in [3.63, 3.8) is 0 Å². The molecule has 102 valence electrons. The van der Waals surface area contributed by atoms with Crippen molar-refractivity contribution in [2.45, 2.75) is 31.7 Å². The van der Waals surface area contributed by atoms with Crippen LogP contribution in [0, 0.1) is 0 Å². The number of benzene rings is 1. The summed E-state index contributed by atoms with van der Waals surface area (Å²) in [6.45, 7) is 0.477. The highest BCUT2D eigenvalue weighted by Crippen LogP contribution is 2.18. The van der Waals surface area contributed by atoms with Gasteiger partial charge in [0.25, 0.3) is 5.91 Å². The highest BCUT2D eigenvalue weighted by molar-refractivity contribution is 5.99. The summed E-state index contributed by atoms with van der Waals surface area (Å²) in [4.78, 5) is 23.2. The van der Waals surface area contributed by atoms with Gasteiger partial charge in [0.15, 0.2) is 0 Å². The number of hydrogen-bond acceptors (Lipinski definition) is 3. The minimum absolute atomic E-state index is 0.0657. The van der Waals surface area contributed by atoms with Crippen LogP contribution in [0.2, 0.25) is 0 Å². The van der Waals surface area contributed by atoms with Crippen LogP contribution in [0.1, 0.15) is 36.0 Å². The molecular formula is C14H19N3O2. The van der Waals surface area contributed by atoms with Crippen LogP contribution in [0.4, 0.5) is 5.69 Å². The molecule has 0 saturated heterocycles. The van der Waals surface area contributed by atoms with Crippen molar-refractivity contribution < 1.29 is 9.59 Å². The van der Waals surface area contributed by atoms with E-state index >= 15 is 0 Å². The lowest BCUT2D eigenvalue weighted by Crippen LogP contribution is -2.28. The fourth-order valence-electron chi connectivity index (χ4n) is 1.78. The number of hydrogen-bond donors (Lipinski definition) is 3. The molecule has 5 nitrogen and oxygen atoms in total. The van der Waals surface area contributed by atoms with Crippen LogP contribution in [0.5, 0.6) is 0 Å². The standard InChI is InChI=1S/C14H19N3O2/c15-12-5-2-1-4-11(12)14(19)16-9-3-6-13(18)17-10-7-8-10/h1-2,4-5,10H,3,6-9,15H2,(H,16,19)(H,17,18). The van der Waals surface area contributed by atoms with Gasteiger partial charge < -0.3 is 16.4 Å². The number of anilines is 1. The van der Waals surface area contributed by atoms with Crippen molar-refractivity contribution >= 4 is 17.5 Å². The van der Waals surface area contributed by atoms with Gasteiger partial charge in [0.1, 0.15) is 0 Å². The number of nitrogens with one attached hydrogen (secondary N) is 2. The first-order chi connectivity index (χ1) is 9.16. The predicted octanol–water partition coefficient (Wildman–Crippen LogP) is 1.06. The number of nitrogens with two attached hydrogens (primary N) is 1. The monoisotopic (exact) mass is 261 g/mol. The second-order valence-electron chi connectivity index (χ2n) is 4.79. The molecule has 0 aliphatic heterocycles. The summed E-state index contributed by atoms with van der Waals surface area (Å²) in [7, 11) is 0. The third-order valence-corrected chi connectivity index (χ3v) is 3.01. The van der Waals surface area contributed by atoms with Crippen molar-refractivity contribution in [3.05, 3.63) is 29.8 Å². The largest absolute Gasteiger partial charge is 0.398 e. The highest BCUT2D eigenvalue weighted by atomic mass is 16.2. The molecule has 1 aromatic carbocycles. The molecule has 0 aromatic heterocycles. The third kappa shape index (κ3) is 4.28. The number of nitrogen functional groups attached to an aromatic ring is 1. The van der Waals surface area contributed by atoms with Crippen LogP contribution < -0.4 is 16.4 Å². The molecular weight excluding hydrogens is 242 g/mol. The zero-order valence-electron chi connectivity index (χ0n) is 10.8. The predicted molar refractivity (Wildman–Crippen MR) is 73.6 cm³/mol. The second-order valence-corrected chi connectivity index (χ2v) is 4.79. The molecule has 0 unspecified atom stereocenters. The first-order valence-electron chi connectivity index (χ1n) is 6.59. The van der Waals surface area contributed by atoms with Crippen LogP contribution >= 0.6 is 0 Å². The van der Waals surface area contributed by atoms with Gasteiger partial charge in [0.2, 0.25) is 5.91 Å². The Kier molecular flexibility index (Phi) is 4.39. The topological polar surface area (TPSA) is 84.2 Å². The van der Waals surface area contributed by atoms with Gasteiger partial charge in [-0.2, -0.15) is 0 Å². The maximum absolute atomic E-state index is 11.8. The molecule has 1 aliphatic rings. The molecule has 19 heavy (non-hydrogen) atoms. The molecule has 0 heterocycles. The molecule has 0 atom stereocenters. The lowest BCUT2D eigenvalue weighted by Gasteiger charge is -2.07. The minimum atomic E-state index is -0.194. The van der Waals surface area contributed by atoms with Crippen LogP contribution in [0.15, 0.2) is 24.3 Å². The molecule has 0 spiro atoms. The zero-order chi connectivity index (χ0) is 13.7. The first kappa shape index (κ1) is 13.4. The molecule has 2 rings (SSSR count). The van der Waals surface area contributed by atoms with Crippen LogP contribution in [0.3, 0.4) is 0 Å². The molecule has 0 radical (unpaired) electrons. The van der Waals surface area contributed by atoms with E-state index in [1.54, 1.807) is 24.3 Å². The minimum Gasteiger partial charge on any atom is -0.398 e. The van der Waals surface area contributed by atoms with Crippen LogP contribution in [-0.4, -0.2) is 24.4 Å². The molecule has 1 aromatic rings. The average Bonchev–Trinajstić information content (AvgIpc) is 3.19. The van der Waals surface area contributed by atoms with Crippen LogP contribution in [0.25, 0.3) is 0 Å². The average molecular weight is 261 g/mol. The van der Waals surface area contributed by atoms with E-state index in [4.69, 9.17) is 5.73 Å². The lowest BCUT2D eigenvalue weighted by atomic mass is 10.1. The molecule has 1 aliphatic carbocycles. The molecule has 5 heteroatoms. The molecule has 0 bridgehead atoms. The van der Waals surface area contributed by atoms with E-state index in [2.05, 4.69) is 10.6 Å². The molecule has 2 amide bonds. The second kappa shape index (κ2) is 6.22. The Morgan fingerprint density at radius 3 is 2.68 bits per heavy atom. The highest BCUT2D eigenvalue weighted by Gasteiger charge is 2.22. The van der Waals surface area contributed by atoms with Crippen molar-refractivity contribution in [3.8, 4) is 0 Å². The maximum atomic E-state index is 11.8. The SMILES string of the molecule is Nc1ccccc1C(=O)NCCCC(=O)NC1CC1. The van der Waals surface area contributed by atoms with Gasteiger partial charge in [-0.1, -0.05) is 12.1 Å². The van der Waals surface area contributed by atoms with Crippen LogP contribution in [-0.2, 0) is 4.79 Å². The number of para-hydroxylation sites is 1. The fraction of sp³-hybridized carbons (Fsp3) is 0.429.